The van der Waals surface area contributed by atoms with Crippen molar-refractivity contribution in [2.45, 2.75) is 13.0 Å². The Bertz CT molecular complexity index is 1880. The van der Waals surface area contributed by atoms with Gasteiger partial charge in [0.05, 0.1) is 40.8 Å². The summed E-state index contributed by atoms with van der Waals surface area (Å²) in [5, 5.41) is 19.7. The highest BCUT2D eigenvalue weighted by Crippen LogP contribution is 2.48. The molecule has 10 nitrogen and oxygen atoms in total. The standard InChI is InChI=1S/C32H25N7O3/c1-20-28-29(21-8-4-3-5-9-21)37-27-11-7-6-10-26(27)34-30(33-22-12-18-25(42-2)19-13-22)32(37)35-31(28)38(36-20)23-14-16-24(17-15-23)39(40)41/h3-19,29H,1-2H3,(H,33,34)/t29-/m0/s1. The van der Waals surface area contributed by atoms with E-state index in [9.17, 15) is 10.1 Å². The molecule has 2 aliphatic rings. The summed E-state index contributed by atoms with van der Waals surface area (Å²) < 4.78 is 7.08. The SMILES string of the molecule is COc1ccc(NC2=Nc3ccccc3N3C2=Nc2c(c(C)nn2-c2ccc([N+](=O)[O-])cc2)[C@@H]3c2ccccc2)cc1. The van der Waals surface area contributed by atoms with Gasteiger partial charge in [0, 0.05) is 23.4 Å². The molecule has 0 fully saturated rings. The van der Waals surface area contributed by atoms with Crippen molar-refractivity contribution >= 4 is 40.2 Å². The first-order chi connectivity index (χ1) is 20.5. The predicted octanol–water partition coefficient (Wildman–Crippen LogP) is 6.89. The van der Waals surface area contributed by atoms with E-state index in [0.717, 1.165) is 39.6 Å². The number of aliphatic imine (C=N–C) groups is 2. The number of methoxy groups -OCH3 is 1. The maximum atomic E-state index is 11.3. The fourth-order valence-electron chi connectivity index (χ4n) is 5.46. The molecule has 42 heavy (non-hydrogen) atoms. The molecule has 2 aliphatic heterocycles. The summed E-state index contributed by atoms with van der Waals surface area (Å²) in [4.78, 5) is 23.3. The molecule has 7 rings (SSSR count). The van der Waals surface area contributed by atoms with Crippen LogP contribution in [0.3, 0.4) is 0 Å². The van der Waals surface area contributed by atoms with Crippen LogP contribution in [0.2, 0.25) is 0 Å². The maximum Gasteiger partial charge on any atom is 0.269 e. The summed E-state index contributed by atoms with van der Waals surface area (Å²) in [6.45, 7) is 1.97. The average molecular weight is 556 g/mol. The number of aryl methyl sites for hydroxylation is 1. The van der Waals surface area contributed by atoms with E-state index in [2.05, 4.69) is 28.4 Å². The lowest BCUT2D eigenvalue weighted by Crippen LogP contribution is -2.46. The molecule has 206 valence electrons. The van der Waals surface area contributed by atoms with Crippen molar-refractivity contribution in [3.63, 3.8) is 0 Å². The lowest BCUT2D eigenvalue weighted by Gasteiger charge is -2.40. The minimum Gasteiger partial charge on any atom is -0.497 e. The smallest absolute Gasteiger partial charge is 0.269 e. The molecule has 0 saturated carbocycles. The number of para-hydroxylation sites is 2. The van der Waals surface area contributed by atoms with Gasteiger partial charge in [0.1, 0.15) is 5.75 Å². The van der Waals surface area contributed by atoms with Crippen molar-refractivity contribution in [2.24, 2.45) is 9.98 Å². The molecule has 1 aromatic heterocycles. The number of amidine groups is 2. The number of aromatic nitrogens is 2. The van der Waals surface area contributed by atoms with Gasteiger partial charge >= 0.3 is 0 Å². The van der Waals surface area contributed by atoms with Crippen LogP contribution in [0.5, 0.6) is 5.75 Å². The van der Waals surface area contributed by atoms with Gasteiger partial charge in [0.2, 0.25) is 0 Å². The second-order valence-electron chi connectivity index (χ2n) is 9.93. The van der Waals surface area contributed by atoms with Gasteiger partial charge < -0.3 is 15.0 Å². The highest BCUT2D eigenvalue weighted by molar-refractivity contribution is 6.51. The van der Waals surface area contributed by atoms with Crippen molar-refractivity contribution in [2.75, 3.05) is 17.3 Å². The van der Waals surface area contributed by atoms with Crippen LogP contribution in [0.1, 0.15) is 22.9 Å². The third kappa shape index (κ3) is 4.17. The number of rotatable bonds is 5. The van der Waals surface area contributed by atoms with Crippen molar-refractivity contribution in [1.29, 1.82) is 0 Å². The van der Waals surface area contributed by atoms with E-state index in [4.69, 9.17) is 19.8 Å². The van der Waals surface area contributed by atoms with Crippen LogP contribution in [-0.4, -0.2) is 33.5 Å². The van der Waals surface area contributed by atoms with Crippen LogP contribution in [0, 0.1) is 17.0 Å². The summed E-state index contributed by atoms with van der Waals surface area (Å²) in [6.07, 6.45) is 0. The zero-order valence-electron chi connectivity index (χ0n) is 22.8. The number of benzene rings is 4. The molecule has 0 saturated heterocycles. The monoisotopic (exact) mass is 555 g/mol. The van der Waals surface area contributed by atoms with Crippen LogP contribution in [0.15, 0.2) is 113 Å². The zero-order chi connectivity index (χ0) is 28.8. The molecule has 0 radical (unpaired) electrons. The topological polar surface area (TPSA) is 110 Å². The quantitative estimate of drug-likeness (QED) is 0.187. The molecule has 1 atom stereocenters. The molecule has 0 unspecified atom stereocenters. The molecule has 0 amide bonds. The van der Waals surface area contributed by atoms with E-state index < -0.39 is 4.92 Å². The third-order valence-electron chi connectivity index (χ3n) is 7.41. The average Bonchev–Trinajstić information content (AvgIpc) is 3.36. The number of nitrogens with one attached hydrogen (secondary N) is 1. The van der Waals surface area contributed by atoms with E-state index in [0.29, 0.717) is 23.2 Å². The number of nitro groups is 1. The van der Waals surface area contributed by atoms with Crippen molar-refractivity contribution < 1.29 is 9.66 Å². The number of hydrogen-bond acceptors (Lipinski definition) is 8. The fraction of sp³-hybridized carbons (Fsp3) is 0.0938. The Kier molecular flexibility index (Phi) is 6.01. The number of non-ortho nitro benzene ring substituents is 1. The van der Waals surface area contributed by atoms with Gasteiger partial charge in [-0.3, -0.25) is 10.1 Å². The molecule has 3 heterocycles. The van der Waals surface area contributed by atoms with Crippen LogP contribution in [0.25, 0.3) is 5.69 Å². The van der Waals surface area contributed by atoms with Crippen LogP contribution in [0.4, 0.5) is 28.6 Å². The van der Waals surface area contributed by atoms with Crippen LogP contribution >= 0.6 is 0 Å². The maximum absolute atomic E-state index is 11.3. The lowest BCUT2D eigenvalue weighted by atomic mass is 9.93. The first kappa shape index (κ1) is 25.2. The van der Waals surface area contributed by atoms with Gasteiger partial charge in [-0.05, 0) is 61.0 Å². The molecule has 10 heteroatoms. The van der Waals surface area contributed by atoms with Gasteiger partial charge in [0.15, 0.2) is 17.5 Å². The van der Waals surface area contributed by atoms with Crippen LogP contribution in [-0.2, 0) is 0 Å². The first-order valence-electron chi connectivity index (χ1n) is 13.4. The Labute approximate surface area is 241 Å². The molecule has 0 aliphatic carbocycles. The minimum atomic E-state index is -0.413. The number of anilines is 2. The number of hydrogen-bond donors (Lipinski definition) is 1. The zero-order valence-corrected chi connectivity index (χ0v) is 22.8. The van der Waals surface area contributed by atoms with Gasteiger partial charge in [-0.1, -0.05) is 42.5 Å². The summed E-state index contributed by atoms with van der Waals surface area (Å²) in [6, 6.07) is 32.0. The number of fused-ring (bicyclic) bond motifs is 4. The summed E-state index contributed by atoms with van der Waals surface area (Å²) >= 11 is 0. The molecule has 0 spiro atoms. The number of ether oxygens (including phenoxy) is 1. The van der Waals surface area contributed by atoms with Crippen LogP contribution < -0.4 is 15.0 Å². The van der Waals surface area contributed by atoms with Crippen molar-refractivity contribution in [3.8, 4) is 11.4 Å². The van der Waals surface area contributed by atoms with E-state index in [-0.39, 0.29) is 11.7 Å². The normalized spacial score (nSPS) is 15.1. The fourth-order valence-corrected chi connectivity index (χ4v) is 5.46. The summed E-state index contributed by atoms with van der Waals surface area (Å²) in [7, 11) is 1.64. The Morgan fingerprint density at radius 2 is 1.60 bits per heavy atom. The summed E-state index contributed by atoms with van der Waals surface area (Å²) in [5.74, 6) is 2.61. The highest BCUT2D eigenvalue weighted by Gasteiger charge is 2.41. The second kappa shape index (κ2) is 10.0. The highest BCUT2D eigenvalue weighted by atomic mass is 16.6. The van der Waals surface area contributed by atoms with E-state index in [1.54, 1.807) is 23.9 Å². The van der Waals surface area contributed by atoms with Gasteiger partial charge in [-0.2, -0.15) is 5.10 Å². The molecule has 1 N–H and O–H groups in total. The van der Waals surface area contributed by atoms with Crippen molar-refractivity contribution in [1.82, 2.24) is 9.78 Å². The second-order valence-corrected chi connectivity index (χ2v) is 9.93. The Morgan fingerprint density at radius 3 is 2.31 bits per heavy atom. The summed E-state index contributed by atoms with van der Waals surface area (Å²) in [5.41, 5.74) is 6.09. The lowest BCUT2D eigenvalue weighted by molar-refractivity contribution is -0.384. The molecular formula is C32H25N7O3. The number of nitro benzene ring substituents is 1. The van der Waals surface area contributed by atoms with E-state index in [1.807, 2.05) is 67.6 Å². The minimum absolute atomic E-state index is 0.0122. The van der Waals surface area contributed by atoms with Gasteiger partial charge in [-0.15, -0.1) is 0 Å². The largest absolute Gasteiger partial charge is 0.497 e. The molecule has 5 aromatic rings. The Morgan fingerprint density at radius 1 is 0.881 bits per heavy atom. The first-order valence-corrected chi connectivity index (χ1v) is 13.4. The number of nitrogens with zero attached hydrogens (tertiary/aromatic N) is 6. The Hall–Kier alpha value is -5.77. The molecular weight excluding hydrogens is 530 g/mol. The Balaban J connectivity index is 1.45. The van der Waals surface area contributed by atoms with Gasteiger partial charge in [0.25, 0.3) is 5.69 Å². The third-order valence-corrected chi connectivity index (χ3v) is 7.41. The van der Waals surface area contributed by atoms with Gasteiger partial charge in [-0.25, -0.2) is 14.7 Å². The molecule has 0 bridgehead atoms. The van der Waals surface area contributed by atoms with E-state index in [1.165, 1.54) is 12.1 Å². The van der Waals surface area contributed by atoms with E-state index >= 15 is 0 Å². The van der Waals surface area contributed by atoms with Crippen molar-refractivity contribution in [3.05, 3.63) is 130 Å². The molecule has 4 aromatic carbocycles. The predicted molar refractivity (Wildman–Crippen MR) is 163 cm³/mol.